The fourth-order valence-electron chi connectivity index (χ4n) is 4.17. The van der Waals surface area contributed by atoms with Crippen molar-refractivity contribution in [1.29, 1.82) is 5.26 Å². The molecule has 2 heterocycles. The second kappa shape index (κ2) is 12.8. The van der Waals surface area contributed by atoms with Crippen LogP contribution in [-0.2, 0) is 16.6 Å². The lowest BCUT2D eigenvalue weighted by molar-refractivity contribution is 0.192. The Morgan fingerprint density at radius 2 is 1.93 bits per heavy atom. The first-order chi connectivity index (χ1) is 21.5. The van der Waals surface area contributed by atoms with Crippen molar-refractivity contribution in [2.45, 2.75) is 11.4 Å². The molecular weight excluding hydrogens is 651 g/mol. The summed E-state index contributed by atoms with van der Waals surface area (Å²) < 4.78 is 64.7. The van der Waals surface area contributed by atoms with E-state index >= 15 is 0 Å². The molecule has 0 aliphatic carbocycles. The van der Waals surface area contributed by atoms with Crippen LogP contribution in [-0.4, -0.2) is 53.0 Å². The number of rotatable bonds is 10. The third-order valence-corrected chi connectivity index (χ3v) is 9.19. The molecule has 0 fully saturated rings. The third-order valence-electron chi connectivity index (χ3n) is 6.36. The van der Waals surface area contributed by atoms with Gasteiger partial charge in [-0.1, -0.05) is 11.6 Å². The minimum Gasteiger partial charge on any atom is -0.497 e. The molecule has 3 aromatic carbocycles. The van der Waals surface area contributed by atoms with Gasteiger partial charge in [0.2, 0.25) is 5.13 Å². The maximum atomic E-state index is 14.5. The first kappa shape index (κ1) is 31.2. The summed E-state index contributed by atoms with van der Waals surface area (Å²) in [5, 5.41) is 22.7. The van der Waals surface area contributed by atoms with Crippen molar-refractivity contribution in [3.63, 3.8) is 0 Å². The Balaban J connectivity index is 1.53. The quantitative estimate of drug-likeness (QED) is 0.191. The van der Waals surface area contributed by atoms with Crippen LogP contribution >= 0.6 is 23.1 Å². The second-order valence-electron chi connectivity index (χ2n) is 9.00. The van der Waals surface area contributed by atoms with Gasteiger partial charge < -0.3 is 19.3 Å². The predicted molar refractivity (Wildman–Crippen MR) is 160 cm³/mol. The number of hydrogen-bond donors (Lipinski definition) is 1. The highest BCUT2D eigenvalue weighted by Crippen LogP contribution is 2.39. The van der Waals surface area contributed by atoms with E-state index in [-0.39, 0.29) is 49.8 Å². The van der Waals surface area contributed by atoms with Crippen molar-refractivity contribution in [2.75, 3.05) is 18.5 Å². The smallest absolute Gasteiger partial charge is 0.432 e. The lowest BCUT2D eigenvalue weighted by Crippen LogP contribution is -2.30. The number of halogens is 2. The fourth-order valence-corrected chi connectivity index (χ4v) is 6.49. The molecule has 0 saturated heterocycles. The minimum atomic E-state index is -4.35. The van der Waals surface area contributed by atoms with Crippen molar-refractivity contribution < 1.29 is 36.9 Å². The van der Waals surface area contributed by atoms with E-state index in [2.05, 4.69) is 14.5 Å². The molecule has 17 heteroatoms. The summed E-state index contributed by atoms with van der Waals surface area (Å²) in [6, 6.07) is 12.6. The first-order valence-electron chi connectivity index (χ1n) is 12.6. The summed E-state index contributed by atoms with van der Waals surface area (Å²) in [5.74, 6) is -0.198. The number of benzene rings is 3. The molecular formula is C28H20ClFN6O7S2. The number of anilines is 1. The van der Waals surface area contributed by atoms with Gasteiger partial charge in [-0.25, -0.2) is 26.9 Å². The SMILES string of the molecule is COc1ccc(CN(c2ncns2)S(=O)(=O)c2ccc(Oc3cc(F)c(Cl)cc3-c3cnn(C(=O)O)c3)c(C#N)c2)c(OC)c1. The van der Waals surface area contributed by atoms with Crippen LogP contribution in [0.1, 0.15) is 11.1 Å². The monoisotopic (exact) mass is 670 g/mol. The van der Waals surface area contributed by atoms with Gasteiger partial charge in [-0.05, 0) is 36.4 Å². The molecule has 0 aliphatic heterocycles. The van der Waals surface area contributed by atoms with Crippen LogP contribution in [0, 0.1) is 17.1 Å². The van der Waals surface area contributed by atoms with Crippen molar-refractivity contribution in [1.82, 2.24) is 19.1 Å². The Morgan fingerprint density at radius 3 is 2.58 bits per heavy atom. The Labute approximate surface area is 264 Å². The molecule has 5 aromatic rings. The number of aromatic nitrogens is 4. The zero-order chi connectivity index (χ0) is 32.3. The van der Waals surface area contributed by atoms with E-state index in [0.29, 0.717) is 21.7 Å². The molecule has 0 unspecified atom stereocenters. The number of carbonyl (C=O) groups is 1. The van der Waals surface area contributed by atoms with Crippen LogP contribution in [0.15, 0.2) is 72.1 Å². The van der Waals surface area contributed by atoms with Gasteiger partial charge in [0, 0.05) is 46.6 Å². The maximum Gasteiger partial charge on any atom is 0.432 e. The summed E-state index contributed by atoms with van der Waals surface area (Å²) in [4.78, 5) is 15.1. The van der Waals surface area contributed by atoms with E-state index in [4.69, 9.17) is 25.8 Å². The summed E-state index contributed by atoms with van der Waals surface area (Å²) in [6.07, 6.45) is 2.24. The normalized spacial score (nSPS) is 11.1. The Kier molecular flexibility index (Phi) is 8.86. The van der Waals surface area contributed by atoms with E-state index in [1.54, 1.807) is 18.2 Å². The van der Waals surface area contributed by atoms with E-state index in [1.807, 2.05) is 6.07 Å². The average Bonchev–Trinajstić information content (AvgIpc) is 3.75. The molecule has 0 bridgehead atoms. The van der Waals surface area contributed by atoms with Crippen LogP contribution in [0.5, 0.6) is 23.0 Å². The topological polar surface area (TPSA) is 170 Å². The highest BCUT2D eigenvalue weighted by atomic mass is 35.5. The van der Waals surface area contributed by atoms with Crippen LogP contribution < -0.4 is 18.5 Å². The molecule has 1 N–H and O–H groups in total. The first-order valence-corrected chi connectivity index (χ1v) is 15.1. The summed E-state index contributed by atoms with van der Waals surface area (Å²) in [6.45, 7) is -0.192. The number of nitriles is 1. The zero-order valence-corrected chi connectivity index (χ0v) is 25.6. The van der Waals surface area contributed by atoms with Crippen LogP contribution in [0.3, 0.4) is 0 Å². The molecule has 0 amide bonds. The summed E-state index contributed by atoms with van der Waals surface area (Å²) in [7, 11) is -1.42. The molecule has 0 spiro atoms. The zero-order valence-electron chi connectivity index (χ0n) is 23.2. The molecule has 5 rings (SSSR count). The second-order valence-corrected chi connectivity index (χ2v) is 12.0. The standard InChI is InChI=1S/C28H20ClFN6O7S2/c1-41-19-4-3-16(25(8-19)42-2)14-36(27-32-15-34-44-27)45(39,40)20-5-6-24(17(7-20)11-31)43-26-10-23(30)22(29)9-21(26)18-12-33-35(13-18)28(37)38/h3-10,12-13,15H,14H2,1-2H3,(H,37,38). The van der Waals surface area contributed by atoms with Crippen molar-refractivity contribution in [2.24, 2.45) is 0 Å². The largest absolute Gasteiger partial charge is 0.497 e. The van der Waals surface area contributed by atoms with Crippen LogP contribution in [0.25, 0.3) is 11.1 Å². The molecule has 2 aromatic heterocycles. The van der Waals surface area contributed by atoms with Crippen LogP contribution in [0.2, 0.25) is 5.02 Å². The number of ether oxygens (including phenoxy) is 3. The van der Waals surface area contributed by atoms with Gasteiger partial charge in [0.05, 0.1) is 42.4 Å². The van der Waals surface area contributed by atoms with Crippen molar-refractivity contribution in [3.05, 3.63) is 89.2 Å². The number of hydrogen-bond acceptors (Lipinski definition) is 11. The number of carboxylic acid groups (broad SMARTS) is 1. The fraction of sp³-hybridized carbons (Fsp3) is 0.107. The maximum absolute atomic E-state index is 14.5. The molecule has 0 saturated carbocycles. The lowest BCUT2D eigenvalue weighted by Gasteiger charge is -2.23. The minimum absolute atomic E-state index is 0.0647. The van der Waals surface area contributed by atoms with E-state index < -0.39 is 21.9 Å². The Bertz CT molecular complexity index is 2050. The third kappa shape index (κ3) is 6.36. The number of methoxy groups -OCH3 is 2. The van der Waals surface area contributed by atoms with Gasteiger partial charge in [0.25, 0.3) is 10.0 Å². The van der Waals surface area contributed by atoms with E-state index in [1.165, 1.54) is 51.1 Å². The lowest BCUT2D eigenvalue weighted by atomic mass is 10.1. The molecule has 45 heavy (non-hydrogen) atoms. The molecule has 0 atom stereocenters. The van der Waals surface area contributed by atoms with Crippen molar-refractivity contribution in [3.8, 4) is 40.2 Å². The van der Waals surface area contributed by atoms with E-state index in [9.17, 15) is 28.0 Å². The Morgan fingerprint density at radius 1 is 1.13 bits per heavy atom. The summed E-state index contributed by atoms with van der Waals surface area (Å²) >= 11 is 6.83. The van der Waals surface area contributed by atoms with Gasteiger partial charge in [-0.15, -0.1) is 0 Å². The predicted octanol–water partition coefficient (Wildman–Crippen LogP) is 5.80. The number of nitrogens with zero attached hydrogens (tertiary/aromatic N) is 6. The molecule has 230 valence electrons. The molecule has 0 aliphatic rings. The van der Waals surface area contributed by atoms with Gasteiger partial charge >= 0.3 is 6.09 Å². The highest BCUT2D eigenvalue weighted by Gasteiger charge is 2.30. The van der Waals surface area contributed by atoms with Crippen LogP contribution in [0.4, 0.5) is 14.3 Å². The van der Waals surface area contributed by atoms with Gasteiger partial charge in [-0.2, -0.15) is 19.4 Å². The molecule has 13 nitrogen and oxygen atoms in total. The Hall–Kier alpha value is -5.24. The highest BCUT2D eigenvalue weighted by molar-refractivity contribution is 7.93. The van der Waals surface area contributed by atoms with Gasteiger partial charge in [-0.3, -0.25) is 0 Å². The summed E-state index contributed by atoms with van der Waals surface area (Å²) in [5.41, 5.74) is 0.706. The van der Waals surface area contributed by atoms with Gasteiger partial charge in [0.15, 0.2) is 0 Å². The van der Waals surface area contributed by atoms with E-state index in [0.717, 1.165) is 28.0 Å². The van der Waals surface area contributed by atoms with Gasteiger partial charge in [0.1, 0.15) is 41.2 Å². The average molecular weight is 671 g/mol. The number of sulfonamides is 1. The molecule has 0 radical (unpaired) electrons. The van der Waals surface area contributed by atoms with Crippen molar-refractivity contribution >= 4 is 44.4 Å².